The fraction of sp³-hybridized carbons (Fsp3) is 0.533. The predicted octanol–water partition coefficient (Wildman–Crippen LogP) is 3.55. The summed E-state index contributed by atoms with van der Waals surface area (Å²) in [5.41, 5.74) is 0.760. The van der Waals surface area contributed by atoms with Crippen molar-refractivity contribution in [1.29, 1.82) is 0 Å². The molecule has 0 unspecified atom stereocenters. The molecule has 2 rings (SSSR count). The standard InChI is InChI=1S/C15H21NO2/c1-2-11-3-5-12(6-4-11)15(18)16-13-7-9-14(17)10-8-13/h7-12,17H,2-6H2,1H3,(H,16,18). The van der Waals surface area contributed by atoms with Crippen molar-refractivity contribution >= 4 is 11.6 Å². The number of phenolic OH excluding ortho intramolecular Hbond substituents is 1. The molecule has 1 amide bonds. The van der Waals surface area contributed by atoms with Crippen molar-refractivity contribution in [2.24, 2.45) is 11.8 Å². The molecule has 1 aliphatic carbocycles. The quantitative estimate of drug-likeness (QED) is 0.802. The van der Waals surface area contributed by atoms with E-state index < -0.39 is 0 Å². The van der Waals surface area contributed by atoms with Crippen LogP contribution in [-0.2, 0) is 4.79 Å². The molecular weight excluding hydrogens is 226 g/mol. The Hall–Kier alpha value is -1.51. The molecule has 0 atom stereocenters. The summed E-state index contributed by atoms with van der Waals surface area (Å²) in [7, 11) is 0. The van der Waals surface area contributed by atoms with Gasteiger partial charge < -0.3 is 10.4 Å². The smallest absolute Gasteiger partial charge is 0.227 e. The second-order valence-electron chi connectivity index (χ2n) is 5.16. The second-order valence-corrected chi connectivity index (χ2v) is 5.16. The lowest BCUT2D eigenvalue weighted by molar-refractivity contribution is -0.121. The third-order valence-corrected chi connectivity index (χ3v) is 3.93. The third-order valence-electron chi connectivity index (χ3n) is 3.93. The summed E-state index contributed by atoms with van der Waals surface area (Å²) < 4.78 is 0. The average Bonchev–Trinajstić information content (AvgIpc) is 2.41. The summed E-state index contributed by atoms with van der Waals surface area (Å²) in [5, 5.41) is 12.1. The van der Waals surface area contributed by atoms with Crippen LogP contribution >= 0.6 is 0 Å². The monoisotopic (exact) mass is 247 g/mol. The summed E-state index contributed by atoms with van der Waals surface area (Å²) in [6.45, 7) is 2.22. The van der Waals surface area contributed by atoms with E-state index in [9.17, 15) is 9.90 Å². The van der Waals surface area contributed by atoms with E-state index in [1.54, 1.807) is 24.3 Å². The fourth-order valence-electron chi connectivity index (χ4n) is 2.62. The molecule has 1 fully saturated rings. The molecule has 0 aromatic heterocycles. The zero-order valence-electron chi connectivity index (χ0n) is 10.9. The summed E-state index contributed by atoms with van der Waals surface area (Å²) in [5.74, 6) is 1.30. The van der Waals surface area contributed by atoms with Crippen LogP contribution in [0.5, 0.6) is 5.75 Å². The molecule has 0 spiro atoms. The van der Waals surface area contributed by atoms with Gasteiger partial charge in [-0.2, -0.15) is 0 Å². The number of carbonyl (C=O) groups excluding carboxylic acids is 1. The molecule has 0 heterocycles. The van der Waals surface area contributed by atoms with Gasteiger partial charge in [-0.05, 0) is 55.9 Å². The Morgan fingerprint density at radius 2 is 1.83 bits per heavy atom. The van der Waals surface area contributed by atoms with Crippen molar-refractivity contribution in [2.75, 3.05) is 5.32 Å². The van der Waals surface area contributed by atoms with Crippen LogP contribution in [0.25, 0.3) is 0 Å². The van der Waals surface area contributed by atoms with Crippen molar-refractivity contribution in [1.82, 2.24) is 0 Å². The highest BCUT2D eigenvalue weighted by Crippen LogP contribution is 2.31. The molecule has 0 aliphatic heterocycles. The van der Waals surface area contributed by atoms with Crippen LogP contribution in [0, 0.1) is 11.8 Å². The number of amides is 1. The van der Waals surface area contributed by atoms with E-state index in [0.29, 0.717) is 0 Å². The van der Waals surface area contributed by atoms with Crippen LogP contribution in [0.3, 0.4) is 0 Å². The normalized spacial score (nSPS) is 23.6. The Balaban J connectivity index is 1.87. The van der Waals surface area contributed by atoms with E-state index in [1.807, 2.05) is 0 Å². The van der Waals surface area contributed by atoms with Gasteiger partial charge in [0.2, 0.25) is 5.91 Å². The van der Waals surface area contributed by atoms with Crippen molar-refractivity contribution in [3.8, 4) is 5.75 Å². The van der Waals surface area contributed by atoms with Crippen LogP contribution in [0.4, 0.5) is 5.69 Å². The van der Waals surface area contributed by atoms with Gasteiger partial charge in [-0.3, -0.25) is 4.79 Å². The molecule has 18 heavy (non-hydrogen) atoms. The average molecular weight is 247 g/mol. The lowest BCUT2D eigenvalue weighted by Gasteiger charge is -2.26. The largest absolute Gasteiger partial charge is 0.508 e. The highest BCUT2D eigenvalue weighted by Gasteiger charge is 2.25. The van der Waals surface area contributed by atoms with Crippen molar-refractivity contribution in [2.45, 2.75) is 39.0 Å². The van der Waals surface area contributed by atoms with E-state index in [4.69, 9.17) is 0 Å². The SMILES string of the molecule is CCC1CCC(C(=O)Nc2ccc(O)cc2)CC1. The lowest BCUT2D eigenvalue weighted by atomic mass is 9.80. The summed E-state index contributed by atoms with van der Waals surface area (Å²) in [6, 6.07) is 6.63. The van der Waals surface area contributed by atoms with Gasteiger partial charge in [0.25, 0.3) is 0 Å². The first-order valence-electron chi connectivity index (χ1n) is 6.79. The first kappa shape index (κ1) is 12.9. The van der Waals surface area contributed by atoms with Crippen LogP contribution in [-0.4, -0.2) is 11.0 Å². The topological polar surface area (TPSA) is 49.3 Å². The zero-order chi connectivity index (χ0) is 13.0. The number of rotatable bonds is 3. The molecule has 3 heteroatoms. The molecular formula is C15H21NO2. The van der Waals surface area contributed by atoms with Gasteiger partial charge >= 0.3 is 0 Å². The highest BCUT2D eigenvalue weighted by molar-refractivity contribution is 5.92. The minimum Gasteiger partial charge on any atom is -0.508 e. The van der Waals surface area contributed by atoms with E-state index >= 15 is 0 Å². The van der Waals surface area contributed by atoms with E-state index in [-0.39, 0.29) is 17.6 Å². The predicted molar refractivity (Wildman–Crippen MR) is 72.5 cm³/mol. The molecule has 98 valence electrons. The van der Waals surface area contributed by atoms with Crippen LogP contribution in [0.15, 0.2) is 24.3 Å². The van der Waals surface area contributed by atoms with Crippen LogP contribution in [0.2, 0.25) is 0 Å². The Morgan fingerprint density at radius 1 is 1.22 bits per heavy atom. The van der Waals surface area contributed by atoms with Crippen LogP contribution in [0.1, 0.15) is 39.0 Å². The number of hydrogen-bond donors (Lipinski definition) is 2. The summed E-state index contributed by atoms with van der Waals surface area (Å²) >= 11 is 0. The van der Waals surface area contributed by atoms with E-state index in [1.165, 1.54) is 19.3 Å². The number of phenols is 1. The maximum Gasteiger partial charge on any atom is 0.227 e. The number of aromatic hydroxyl groups is 1. The van der Waals surface area contributed by atoms with Gasteiger partial charge in [0.05, 0.1) is 0 Å². The Bertz CT molecular complexity index is 391. The first-order valence-corrected chi connectivity index (χ1v) is 6.79. The molecule has 0 saturated heterocycles. The van der Waals surface area contributed by atoms with Crippen LogP contribution < -0.4 is 5.32 Å². The molecule has 0 radical (unpaired) electrons. The number of benzene rings is 1. The second kappa shape index (κ2) is 5.89. The molecule has 1 aromatic carbocycles. The number of anilines is 1. The zero-order valence-corrected chi connectivity index (χ0v) is 10.9. The minimum absolute atomic E-state index is 0.121. The van der Waals surface area contributed by atoms with E-state index in [0.717, 1.165) is 24.4 Å². The van der Waals surface area contributed by atoms with Crippen molar-refractivity contribution in [3.05, 3.63) is 24.3 Å². The number of nitrogens with one attached hydrogen (secondary N) is 1. The van der Waals surface area contributed by atoms with Gasteiger partial charge in [-0.25, -0.2) is 0 Å². The summed E-state index contributed by atoms with van der Waals surface area (Å²) in [4.78, 5) is 12.1. The fourth-order valence-corrected chi connectivity index (χ4v) is 2.62. The highest BCUT2D eigenvalue weighted by atomic mass is 16.3. The molecule has 1 aromatic rings. The van der Waals surface area contributed by atoms with E-state index in [2.05, 4.69) is 12.2 Å². The molecule has 0 bridgehead atoms. The van der Waals surface area contributed by atoms with Gasteiger partial charge in [-0.15, -0.1) is 0 Å². The third kappa shape index (κ3) is 3.25. The maximum absolute atomic E-state index is 12.1. The van der Waals surface area contributed by atoms with Gasteiger partial charge in [0.15, 0.2) is 0 Å². The Labute approximate surface area is 108 Å². The summed E-state index contributed by atoms with van der Waals surface area (Å²) in [6.07, 6.45) is 5.57. The Morgan fingerprint density at radius 3 is 2.39 bits per heavy atom. The lowest BCUT2D eigenvalue weighted by Crippen LogP contribution is -2.27. The molecule has 2 N–H and O–H groups in total. The molecule has 1 saturated carbocycles. The molecule has 1 aliphatic rings. The molecule has 3 nitrogen and oxygen atoms in total. The number of carbonyl (C=O) groups is 1. The minimum atomic E-state index is 0.121. The number of hydrogen-bond acceptors (Lipinski definition) is 2. The van der Waals surface area contributed by atoms with Gasteiger partial charge in [0, 0.05) is 11.6 Å². The van der Waals surface area contributed by atoms with Gasteiger partial charge in [-0.1, -0.05) is 13.3 Å². The van der Waals surface area contributed by atoms with Crippen molar-refractivity contribution < 1.29 is 9.90 Å². The van der Waals surface area contributed by atoms with Crippen molar-refractivity contribution in [3.63, 3.8) is 0 Å². The Kier molecular flexibility index (Phi) is 4.24. The van der Waals surface area contributed by atoms with Gasteiger partial charge in [0.1, 0.15) is 5.75 Å². The maximum atomic E-state index is 12.1. The first-order chi connectivity index (χ1) is 8.69.